The molecule has 1 heterocycles. The molecular weight excluding hydrogens is 214 g/mol. The molecule has 2 aliphatic rings. The molecule has 3 rings (SSSR count). The Hall–Kier alpha value is -1.45. The Morgan fingerprint density at radius 1 is 1.29 bits per heavy atom. The minimum Gasteiger partial charge on any atom is -0.397 e. The van der Waals surface area contributed by atoms with E-state index in [9.17, 15) is 4.79 Å². The number of carbonyl (C=O) groups is 1. The Kier molecular flexibility index (Phi) is 2.57. The number of H-pyrrole nitrogens is 1. The maximum Gasteiger partial charge on any atom is 0.270 e. The molecule has 17 heavy (non-hydrogen) atoms. The standard InChI is InChI=1S/C13H19N3O/c14-11-5-12(15-6-11)13(17)16(7-9-1-2-9)8-10-3-4-10/h5-6,9-10,15H,1-4,7-8,14H2. The second kappa shape index (κ2) is 4.09. The molecule has 2 saturated carbocycles. The molecule has 1 aromatic heterocycles. The van der Waals surface area contributed by atoms with Gasteiger partial charge >= 0.3 is 0 Å². The van der Waals surface area contributed by atoms with Gasteiger partial charge < -0.3 is 15.6 Å². The summed E-state index contributed by atoms with van der Waals surface area (Å²) in [6.07, 6.45) is 6.80. The van der Waals surface area contributed by atoms with Gasteiger partial charge in [-0.15, -0.1) is 0 Å². The van der Waals surface area contributed by atoms with Crippen LogP contribution in [0.25, 0.3) is 0 Å². The lowest BCUT2D eigenvalue weighted by atomic mass is 10.2. The van der Waals surface area contributed by atoms with E-state index in [1.807, 2.05) is 4.90 Å². The van der Waals surface area contributed by atoms with Gasteiger partial charge in [0.15, 0.2) is 0 Å². The second-order valence-electron chi connectivity index (χ2n) is 5.44. The van der Waals surface area contributed by atoms with Crippen LogP contribution in [-0.2, 0) is 0 Å². The predicted molar refractivity (Wildman–Crippen MR) is 66.6 cm³/mol. The molecule has 0 spiro atoms. The SMILES string of the molecule is Nc1c[nH]c(C(=O)N(CC2CC2)CC2CC2)c1. The van der Waals surface area contributed by atoms with Crippen molar-refractivity contribution in [1.29, 1.82) is 0 Å². The molecule has 2 fully saturated rings. The Bertz CT molecular complexity index is 404. The molecule has 0 saturated heterocycles. The Morgan fingerprint density at radius 3 is 2.29 bits per heavy atom. The summed E-state index contributed by atoms with van der Waals surface area (Å²) in [7, 11) is 0. The van der Waals surface area contributed by atoms with Gasteiger partial charge in [-0.3, -0.25) is 4.79 Å². The number of amides is 1. The van der Waals surface area contributed by atoms with Gasteiger partial charge in [-0.1, -0.05) is 0 Å². The molecule has 0 radical (unpaired) electrons. The van der Waals surface area contributed by atoms with E-state index in [0.29, 0.717) is 11.4 Å². The van der Waals surface area contributed by atoms with E-state index in [1.54, 1.807) is 12.3 Å². The third-order valence-electron chi connectivity index (χ3n) is 3.57. The monoisotopic (exact) mass is 233 g/mol. The fourth-order valence-electron chi connectivity index (χ4n) is 2.17. The van der Waals surface area contributed by atoms with Crippen molar-refractivity contribution in [2.45, 2.75) is 25.7 Å². The van der Waals surface area contributed by atoms with Crippen molar-refractivity contribution >= 4 is 11.6 Å². The predicted octanol–water partition coefficient (Wildman–Crippen LogP) is 1.86. The maximum atomic E-state index is 12.3. The lowest BCUT2D eigenvalue weighted by Gasteiger charge is -2.21. The van der Waals surface area contributed by atoms with Crippen LogP contribution in [0.4, 0.5) is 5.69 Å². The molecule has 0 bridgehead atoms. The molecule has 0 unspecified atom stereocenters. The van der Waals surface area contributed by atoms with E-state index in [2.05, 4.69) is 4.98 Å². The molecule has 2 aliphatic carbocycles. The minimum absolute atomic E-state index is 0.112. The van der Waals surface area contributed by atoms with Crippen molar-refractivity contribution in [1.82, 2.24) is 9.88 Å². The molecule has 4 heteroatoms. The van der Waals surface area contributed by atoms with Crippen LogP contribution in [0.15, 0.2) is 12.3 Å². The molecule has 0 atom stereocenters. The minimum atomic E-state index is 0.112. The van der Waals surface area contributed by atoms with Crippen molar-refractivity contribution in [3.8, 4) is 0 Å². The van der Waals surface area contributed by atoms with Crippen molar-refractivity contribution in [3.63, 3.8) is 0 Å². The summed E-state index contributed by atoms with van der Waals surface area (Å²) >= 11 is 0. The first-order valence-electron chi connectivity index (χ1n) is 6.45. The Morgan fingerprint density at radius 2 is 1.88 bits per heavy atom. The van der Waals surface area contributed by atoms with E-state index in [4.69, 9.17) is 5.73 Å². The first kappa shape index (κ1) is 10.7. The highest BCUT2D eigenvalue weighted by Crippen LogP contribution is 2.34. The van der Waals surface area contributed by atoms with Crippen LogP contribution in [-0.4, -0.2) is 28.9 Å². The quantitative estimate of drug-likeness (QED) is 0.815. The molecule has 0 aromatic carbocycles. The number of nitrogen functional groups attached to an aromatic ring is 1. The third-order valence-corrected chi connectivity index (χ3v) is 3.57. The molecule has 1 amide bonds. The smallest absolute Gasteiger partial charge is 0.270 e. The number of aromatic nitrogens is 1. The van der Waals surface area contributed by atoms with Crippen LogP contribution in [0.5, 0.6) is 0 Å². The number of hydrogen-bond donors (Lipinski definition) is 2. The van der Waals surface area contributed by atoms with Crippen LogP contribution in [0.2, 0.25) is 0 Å². The summed E-state index contributed by atoms with van der Waals surface area (Å²) < 4.78 is 0. The molecule has 92 valence electrons. The van der Waals surface area contributed by atoms with E-state index in [-0.39, 0.29) is 5.91 Å². The summed E-state index contributed by atoms with van der Waals surface area (Å²) in [6.45, 7) is 1.85. The van der Waals surface area contributed by atoms with Crippen LogP contribution in [0.3, 0.4) is 0 Å². The normalized spacial score (nSPS) is 19.3. The highest BCUT2D eigenvalue weighted by molar-refractivity contribution is 5.93. The van der Waals surface area contributed by atoms with Crippen molar-refractivity contribution in [3.05, 3.63) is 18.0 Å². The molecule has 4 nitrogen and oxygen atoms in total. The Labute approximate surface area is 101 Å². The van der Waals surface area contributed by atoms with Crippen LogP contribution < -0.4 is 5.73 Å². The highest BCUT2D eigenvalue weighted by Gasteiger charge is 2.32. The summed E-state index contributed by atoms with van der Waals surface area (Å²) in [6, 6.07) is 1.73. The molecular formula is C13H19N3O. The van der Waals surface area contributed by atoms with Crippen LogP contribution in [0.1, 0.15) is 36.2 Å². The van der Waals surface area contributed by atoms with Gasteiger partial charge in [-0.25, -0.2) is 0 Å². The molecule has 0 aliphatic heterocycles. The number of nitrogens with two attached hydrogens (primary N) is 1. The maximum absolute atomic E-state index is 12.3. The van der Waals surface area contributed by atoms with E-state index in [1.165, 1.54) is 25.7 Å². The first-order valence-corrected chi connectivity index (χ1v) is 6.45. The van der Waals surface area contributed by atoms with E-state index >= 15 is 0 Å². The largest absolute Gasteiger partial charge is 0.397 e. The summed E-state index contributed by atoms with van der Waals surface area (Å²) in [5.74, 6) is 1.59. The van der Waals surface area contributed by atoms with E-state index < -0.39 is 0 Å². The van der Waals surface area contributed by atoms with Gasteiger partial charge in [0.1, 0.15) is 5.69 Å². The fourth-order valence-corrected chi connectivity index (χ4v) is 2.17. The topological polar surface area (TPSA) is 62.1 Å². The number of rotatable bonds is 5. The van der Waals surface area contributed by atoms with Crippen LogP contribution in [0, 0.1) is 11.8 Å². The zero-order valence-electron chi connectivity index (χ0n) is 9.98. The average molecular weight is 233 g/mol. The number of nitrogens with zero attached hydrogens (tertiary/aromatic N) is 1. The van der Waals surface area contributed by atoms with Gasteiger partial charge in [0.25, 0.3) is 5.91 Å². The summed E-state index contributed by atoms with van der Waals surface area (Å²) in [5, 5.41) is 0. The van der Waals surface area contributed by atoms with Gasteiger partial charge in [0.2, 0.25) is 0 Å². The van der Waals surface area contributed by atoms with Gasteiger partial charge in [-0.05, 0) is 43.6 Å². The average Bonchev–Trinajstić information content (AvgIpc) is 3.21. The fraction of sp³-hybridized carbons (Fsp3) is 0.615. The number of hydrogen-bond acceptors (Lipinski definition) is 2. The number of anilines is 1. The van der Waals surface area contributed by atoms with Crippen molar-refractivity contribution in [2.24, 2.45) is 11.8 Å². The van der Waals surface area contributed by atoms with Gasteiger partial charge in [0, 0.05) is 25.0 Å². The number of aromatic amines is 1. The third kappa shape index (κ3) is 2.62. The summed E-state index contributed by atoms with van der Waals surface area (Å²) in [5.41, 5.74) is 6.90. The Balaban J connectivity index is 1.69. The van der Waals surface area contributed by atoms with Crippen molar-refractivity contribution < 1.29 is 4.79 Å². The van der Waals surface area contributed by atoms with Gasteiger partial charge in [-0.2, -0.15) is 0 Å². The summed E-state index contributed by atoms with van der Waals surface area (Å²) in [4.78, 5) is 17.3. The lowest BCUT2D eigenvalue weighted by Crippen LogP contribution is -2.34. The van der Waals surface area contributed by atoms with E-state index in [0.717, 1.165) is 24.9 Å². The molecule has 3 N–H and O–H groups in total. The number of carbonyl (C=O) groups excluding carboxylic acids is 1. The first-order chi connectivity index (χ1) is 8.22. The molecule has 1 aromatic rings. The zero-order valence-corrected chi connectivity index (χ0v) is 9.98. The van der Waals surface area contributed by atoms with Crippen LogP contribution >= 0.6 is 0 Å². The van der Waals surface area contributed by atoms with Gasteiger partial charge in [0.05, 0.1) is 0 Å². The zero-order chi connectivity index (χ0) is 11.8. The van der Waals surface area contributed by atoms with Crippen molar-refractivity contribution in [2.75, 3.05) is 18.8 Å². The highest BCUT2D eigenvalue weighted by atomic mass is 16.2. The number of nitrogens with one attached hydrogen (secondary N) is 1. The lowest BCUT2D eigenvalue weighted by molar-refractivity contribution is 0.0734. The second-order valence-corrected chi connectivity index (χ2v) is 5.44.